The van der Waals surface area contributed by atoms with E-state index in [1.165, 1.54) is 6.07 Å². The number of carbonyl (C=O) groups excluding carboxylic acids is 1. The maximum atomic E-state index is 14.4. The Labute approximate surface area is 146 Å². The first-order valence-electron chi connectivity index (χ1n) is 7.13. The number of anilines is 1. The van der Waals surface area contributed by atoms with Gasteiger partial charge in [-0.2, -0.15) is 0 Å². The standard InChI is InChI=1S/C16H12ClFN4O3/c17-11-6-9(20-15(23)21-16(24)25)7-12(18)10(11)8-22-5-3-13-14(22)2-1-4-19-13/h1-7H,8H2,(H,24,25)(H2,20,21,23). The highest BCUT2D eigenvalue weighted by Gasteiger charge is 2.14. The van der Waals surface area contributed by atoms with Gasteiger partial charge in [0.1, 0.15) is 5.82 Å². The van der Waals surface area contributed by atoms with Crippen molar-refractivity contribution >= 4 is 40.4 Å². The third-order valence-corrected chi connectivity index (χ3v) is 3.82. The third kappa shape index (κ3) is 3.69. The van der Waals surface area contributed by atoms with E-state index in [-0.39, 0.29) is 22.8 Å². The molecule has 7 nitrogen and oxygen atoms in total. The van der Waals surface area contributed by atoms with E-state index in [0.29, 0.717) is 0 Å². The molecule has 0 unspecified atom stereocenters. The molecule has 128 valence electrons. The molecule has 3 amide bonds. The minimum absolute atomic E-state index is 0.0454. The molecule has 0 aliphatic rings. The largest absolute Gasteiger partial charge is 0.465 e. The molecule has 3 rings (SSSR count). The van der Waals surface area contributed by atoms with Gasteiger partial charge in [-0.3, -0.25) is 4.98 Å². The van der Waals surface area contributed by atoms with Gasteiger partial charge in [0.15, 0.2) is 0 Å². The van der Waals surface area contributed by atoms with Gasteiger partial charge in [-0.15, -0.1) is 0 Å². The average molecular weight is 363 g/mol. The van der Waals surface area contributed by atoms with Crippen LogP contribution in [0.3, 0.4) is 0 Å². The molecular formula is C16H12ClFN4O3. The smallest absolute Gasteiger partial charge is 0.412 e. The van der Waals surface area contributed by atoms with E-state index >= 15 is 0 Å². The van der Waals surface area contributed by atoms with E-state index < -0.39 is 17.9 Å². The molecular weight excluding hydrogens is 351 g/mol. The maximum Gasteiger partial charge on any atom is 0.412 e. The molecule has 2 aromatic heterocycles. The molecule has 0 radical (unpaired) electrons. The van der Waals surface area contributed by atoms with Crippen LogP contribution in [0.5, 0.6) is 0 Å². The summed E-state index contributed by atoms with van der Waals surface area (Å²) >= 11 is 6.13. The second kappa shape index (κ2) is 6.78. The van der Waals surface area contributed by atoms with Crippen molar-refractivity contribution in [3.8, 4) is 0 Å². The summed E-state index contributed by atoms with van der Waals surface area (Å²) in [5.74, 6) is -0.621. The molecule has 2 heterocycles. The van der Waals surface area contributed by atoms with Crippen molar-refractivity contribution in [2.24, 2.45) is 0 Å². The fraction of sp³-hybridized carbons (Fsp3) is 0.0625. The highest BCUT2D eigenvalue weighted by Crippen LogP contribution is 2.26. The minimum Gasteiger partial charge on any atom is -0.465 e. The van der Waals surface area contributed by atoms with E-state index in [0.717, 1.165) is 17.1 Å². The van der Waals surface area contributed by atoms with Crippen LogP contribution >= 0.6 is 11.6 Å². The van der Waals surface area contributed by atoms with Gasteiger partial charge in [0, 0.05) is 23.6 Å². The lowest BCUT2D eigenvalue weighted by Crippen LogP contribution is -2.33. The van der Waals surface area contributed by atoms with E-state index in [1.54, 1.807) is 28.3 Å². The lowest BCUT2D eigenvalue weighted by molar-refractivity contribution is 0.194. The SMILES string of the molecule is O=C(O)NC(=O)Nc1cc(F)c(Cn2ccc3ncccc32)c(Cl)c1. The second-order valence-corrected chi connectivity index (χ2v) is 5.56. The first-order chi connectivity index (χ1) is 11.9. The maximum absolute atomic E-state index is 14.4. The summed E-state index contributed by atoms with van der Waals surface area (Å²) in [4.78, 5) is 26.0. The number of rotatable bonds is 3. The predicted molar refractivity (Wildman–Crippen MR) is 90.4 cm³/mol. The van der Waals surface area contributed by atoms with Gasteiger partial charge in [-0.05, 0) is 30.3 Å². The van der Waals surface area contributed by atoms with Crippen molar-refractivity contribution in [3.63, 3.8) is 0 Å². The van der Waals surface area contributed by atoms with Crippen LogP contribution in [0.15, 0.2) is 42.7 Å². The summed E-state index contributed by atoms with van der Waals surface area (Å²) < 4.78 is 16.2. The molecule has 0 saturated heterocycles. The first-order valence-corrected chi connectivity index (χ1v) is 7.50. The molecule has 0 saturated carbocycles. The first kappa shape index (κ1) is 16.7. The zero-order valence-electron chi connectivity index (χ0n) is 12.7. The number of aromatic nitrogens is 2. The zero-order chi connectivity index (χ0) is 18.0. The minimum atomic E-state index is -1.52. The number of amides is 3. The third-order valence-electron chi connectivity index (χ3n) is 3.49. The molecule has 3 aromatic rings. The normalized spacial score (nSPS) is 10.6. The van der Waals surface area contributed by atoms with Crippen LogP contribution in [0.4, 0.5) is 19.7 Å². The van der Waals surface area contributed by atoms with E-state index in [4.69, 9.17) is 16.7 Å². The number of pyridine rings is 1. The zero-order valence-corrected chi connectivity index (χ0v) is 13.4. The van der Waals surface area contributed by atoms with E-state index in [1.807, 2.05) is 12.1 Å². The van der Waals surface area contributed by atoms with Crippen LogP contribution in [0, 0.1) is 5.82 Å². The highest BCUT2D eigenvalue weighted by molar-refractivity contribution is 6.31. The quantitative estimate of drug-likeness (QED) is 0.662. The summed E-state index contributed by atoms with van der Waals surface area (Å²) in [7, 11) is 0. The van der Waals surface area contributed by atoms with E-state index in [9.17, 15) is 14.0 Å². The molecule has 0 aliphatic carbocycles. The molecule has 25 heavy (non-hydrogen) atoms. The van der Waals surface area contributed by atoms with E-state index in [2.05, 4.69) is 10.3 Å². The monoisotopic (exact) mass is 362 g/mol. The topological polar surface area (TPSA) is 96.3 Å². The van der Waals surface area contributed by atoms with Crippen molar-refractivity contribution < 1.29 is 19.1 Å². The summed E-state index contributed by atoms with van der Waals surface area (Å²) in [5, 5.41) is 12.4. The van der Waals surface area contributed by atoms with Gasteiger partial charge < -0.3 is 15.0 Å². The van der Waals surface area contributed by atoms with Crippen LogP contribution in [-0.2, 0) is 6.54 Å². The molecule has 9 heteroatoms. The molecule has 0 atom stereocenters. The molecule has 0 bridgehead atoms. The predicted octanol–water partition coefficient (Wildman–Crippen LogP) is 3.68. The van der Waals surface area contributed by atoms with Crippen molar-refractivity contribution in [1.82, 2.24) is 14.9 Å². The van der Waals surface area contributed by atoms with Crippen molar-refractivity contribution in [2.45, 2.75) is 6.54 Å². The summed E-state index contributed by atoms with van der Waals surface area (Å²) in [6.45, 7) is 0.182. The molecule has 0 spiro atoms. The van der Waals surface area contributed by atoms with Crippen LogP contribution in [-0.4, -0.2) is 26.8 Å². The fourth-order valence-electron chi connectivity index (χ4n) is 2.42. The number of imide groups is 1. The Morgan fingerprint density at radius 3 is 2.84 bits per heavy atom. The summed E-state index contributed by atoms with van der Waals surface area (Å²) in [5.41, 5.74) is 1.90. The van der Waals surface area contributed by atoms with Crippen LogP contribution in [0.1, 0.15) is 5.56 Å². The lowest BCUT2D eigenvalue weighted by Gasteiger charge is -2.11. The van der Waals surface area contributed by atoms with Gasteiger partial charge in [-0.25, -0.2) is 19.3 Å². The Balaban J connectivity index is 1.85. The summed E-state index contributed by atoms with van der Waals surface area (Å²) in [6.07, 6.45) is 1.93. The number of halogens is 2. The molecule has 1 aromatic carbocycles. The van der Waals surface area contributed by atoms with Crippen molar-refractivity contribution in [2.75, 3.05) is 5.32 Å². The number of nitrogens with one attached hydrogen (secondary N) is 2. The Kier molecular flexibility index (Phi) is 4.53. The fourth-order valence-corrected chi connectivity index (χ4v) is 2.68. The Morgan fingerprint density at radius 1 is 1.32 bits per heavy atom. The van der Waals surface area contributed by atoms with Gasteiger partial charge in [0.25, 0.3) is 0 Å². The van der Waals surface area contributed by atoms with Crippen LogP contribution in [0.25, 0.3) is 11.0 Å². The number of urea groups is 1. The number of carboxylic acid groups (broad SMARTS) is 1. The van der Waals surface area contributed by atoms with Gasteiger partial charge in [-0.1, -0.05) is 11.6 Å². The van der Waals surface area contributed by atoms with Gasteiger partial charge in [0.2, 0.25) is 0 Å². The van der Waals surface area contributed by atoms with Crippen LogP contribution < -0.4 is 10.6 Å². The number of benzene rings is 1. The highest BCUT2D eigenvalue weighted by atomic mass is 35.5. The molecule has 3 N–H and O–H groups in total. The van der Waals surface area contributed by atoms with Gasteiger partial charge >= 0.3 is 12.1 Å². The molecule has 0 aliphatic heterocycles. The number of nitrogens with zero attached hydrogens (tertiary/aromatic N) is 2. The van der Waals surface area contributed by atoms with Crippen molar-refractivity contribution in [1.29, 1.82) is 0 Å². The lowest BCUT2D eigenvalue weighted by atomic mass is 10.2. The Morgan fingerprint density at radius 2 is 2.12 bits per heavy atom. The number of carbonyl (C=O) groups is 2. The van der Waals surface area contributed by atoms with Crippen LogP contribution in [0.2, 0.25) is 5.02 Å². The average Bonchev–Trinajstić information content (AvgIpc) is 2.93. The Bertz CT molecular complexity index is 950. The summed E-state index contributed by atoms with van der Waals surface area (Å²) in [6, 6.07) is 6.88. The molecule has 0 fully saturated rings. The van der Waals surface area contributed by atoms with Gasteiger partial charge in [0.05, 0.1) is 22.6 Å². The number of hydrogen-bond donors (Lipinski definition) is 3. The number of fused-ring (bicyclic) bond motifs is 1. The van der Waals surface area contributed by atoms with Crippen molar-refractivity contribution in [3.05, 3.63) is 59.1 Å². The second-order valence-electron chi connectivity index (χ2n) is 5.15. The number of hydrogen-bond acceptors (Lipinski definition) is 3. The Hall–Kier alpha value is -3.13.